The van der Waals surface area contributed by atoms with Crippen molar-refractivity contribution in [2.24, 2.45) is 5.73 Å². The van der Waals surface area contributed by atoms with Gasteiger partial charge in [-0.2, -0.15) is 0 Å². The van der Waals surface area contributed by atoms with Crippen LogP contribution in [0.4, 0.5) is 0 Å². The van der Waals surface area contributed by atoms with Crippen molar-refractivity contribution in [1.82, 2.24) is 9.97 Å². The smallest absolute Gasteiger partial charge is 0.171 e. The number of rotatable bonds is 4. The molecule has 0 amide bonds. The first-order valence-corrected chi connectivity index (χ1v) is 7.11. The third-order valence-electron chi connectivity index (χ3n) is 3.04. The van der Waals surface area contributed by atoms with Crippen molar-refractivity contribution in [3.8, 4) is 5.75 Å². The maximum atomic E-state index is 5.59. The van der Waals surface area contributed by atoms with Crippen molar-refractivity contribution in [1.29, 1.82) is 0 Å². The average molecular weight is 285 g/mol. The molecule has 0 radical (unpaired) electrons. The molecule has 1 heterocycles. The van der Waals surface area contributed by atoms with E-state index >= 15 is 0 Å². The molecule has 0 unspecified atom stereocenters. The zero-order chi connectivity index (χ0) is 13.9. The molecule has 0 saturated heterocycles. The topological polar surface area (TPSA) is 63.9 Å². The predicted octanol–water partition coefficient (Wildman–Crippen LogP) is 3.18. The first-order chi connectivity index (χ1) is 9.78. The molecule has 3 N–H and O–H groups in total. The number of nitrogens with zero attached hydrogens (tertiary/aromatic N) is 1. The summed E-state index contributed by atoms with van der Waals surface area (Å²) >= 11 is 1.60. The molecule has 0 atom stereocenters. The predicted molar refractivity (Wildman–Crippen MR) is 81.1 cm³/mol. The van der Waals surface area contributed by atoms with Gasteiger partial charge in [0.15, 0.2) is 5.16 Å². The van der Waals surface area contributed by atoms with Crippen LogP contribution in [0.3, 0.4) is 0 Å². The molecule has 2 aromatic carbocycles. The van der Waals surface area contributed by atoms with Crippen molar-refractivity contribution in [2.75, 3.05) is 7.11 Å². The van der Waals surface area contributed by atoms with E-state index in [2.05, 4.69) is 22.1 Å². The molecule has 5 heteroatoms. The Morgan fingerprint density at radius 3 is 2.70 bits per heavy atom. The van der Waals surface area contributed by atoms with Crippen LogP contribution >= 0.6 is 11.8 Å². The largest absolute Gasteiger partial charge is 0.497 e. The van der Waals surface area contributed by atoms with Crippen LogP contribution in [0.15, 0.2) is 52.5 Å². The van der Waals surface area contributed by atoms with Crippen LogP contribution in [0.1, 0.15) is 5.56 Å². The number of nitrogens with two attached hydrogens (primary N) is 1. The van der Waals surface area contributed by atoms with Gasteiger partial charge in [0, 0.05) is 17.5 Å². The summed E-state index contributed by atoms with van der Waals surface area (Å²) in [5.41, 5.74) is 8.64. The summed E-state index contributed by atoms with van der Waals surface area (Å²) in [7, 11) is 1.66. The number of imidazole rings is 1. The lowest BCUT2D eigenvalue weighted by Gasteiger charge is -1.99. The van der Waals surface area contributed by atoms with Gasteiger partial charge in [0.2, 0.25) is 0 Å². The van der Waals surface area contributed by atoms with Crippen LogP contribution in [-0.4, -0.2) is 17.1 Å². The van der Waals surface area contributed by atoms with Crippen LogP contribution in [0.25, 0.3) is 11.0 Å². The zero-order valence-electron chi connectivity index (χ0n) is 11.1. The number of ether oxygens (including phenoxy) is 1. The highest BCUT2D eigenvalue weighted by molar-refractivity contribution is 7.99. The second-order valence-electron chi connectivity index (χ2n) is 4.38. The Bertz CT molecular complexity index is 722. The van der Waals surface area contributed by atoms with Gasteiger partial charge in [-0.3, -0.25) is 0 Å². The van der Waals surface area contributed by atoms with E-state index in [0.29, 0.717) is 6.54 Å². The minimum atomic E-state index is 0.565. The van der Waals surface area contributed by atoms with Crippen LogP contribution in [0, 0.1) is 0 Å². The Labute approximate surface area is 121 Å². The molecular formula is C15H15N3OS. The fourth-order valence-corrected chi connectivity index (χ4v) is 2.75. The first-order valence-electron chi connectivity index (χ1n) is 6.29. The van der Waals surface area contributed by atoms with Crippen molar-refractivity contribution < 1.29 is 4.74 Å². The van der Waals surface area contributed by atoms with Crippen molar-refractivity contribution in [3.05, 3.63) is 48.0 Å². The summed E-state index contributed by atoms with van der Waals surface area (Å²) in [5.74, 6) is 0.824. The van der Waals surface area contributed by atoms with Gasteiger partial charge < -0.3 is 15.5 Å². The Morgan fingerprint density at radius 1 is 1.20 bits per heavy atom. The van der Waals surface area contributed by atoms with E-state index in [-0.39, 0.29) is 0 Å². The fourth-order valence-electron chi connectivity index (χ4n) is 1.95. The van der Waals surface area contributed by atoms with E-state index in [9.17, 15) is 0 Å². The van der Waals surface area contributed by atoms with Crippen molar-refractivity contribution in [2.45, 2.75) is 16.6 Å². The first kappa shape index (κ1) is 13.0. The molecule has 0 fully saturated rings. The van der Waals surface area contributed by atoms with Crippen LogP contribution in [-0.2, 0) is 6.54 Å². The number of fused-ring (bicyclic) bond motifs is 1. The maximum Gasteiger partial charge on any atom is 0.171 e. The van der Waals surface area contributed by atoms with E-state index < -0.39 is 0 Å². The standard InChI is InChI=1S/C15H15N3OS/c1-19-11-4-7-13-14(8-11)18-15(17-13)20-12-5-2-10(9-16)3-6-12/h2-8H,9,16H2,1H3,(H,17,18). The highest BCUT2D eigenvalue weighted by Crippen LogP contribution is 2.28. The zero-order valence-corrected chi connectivity index (χ0v) is 11.9. The Hall–Kier alpha value is -1.98. The summed E-state index contributed by atoms with van der Waals surface area (Å²) in [6, 6.07) is 14.0. The molecule has 0 aliphatic carbocycles. The molecule has 4 nitrogen and oxygen atoms in total. The number of aromatic nitrogens is 2. The molecule has 0 saturated carbocycles. The minimum absolute atomic E-state index is 0.565. The molecule has 0 spiro atoms. The molecule has 20 heavy (non-hydrogen) atoms. The van der Waals surface area contributed by atoms with Gasteiger partial charge in [-0.05, 0) is 29.8 Å². The molecule has 102 valence electrons. The van der Waals surface area contributed by atoms with Crippen LogP contribution in [0.5, 0.6) is 5.75 Å². The summed E-state index contributed by atoms with van der Waals surface area (Å²) < 4.78 is 5.21. The number of H-pyrrole nitrogens is 1. The lowest BCUT2D eigenvalue weighted by atomic mass is 10.2. The van der Waals surface area contributed by atoms with E-state index in [1.807, 2.05) is 30.3 Å². The highest BCUT2D eigenvalue weighted by Gasteiger charge is 2.05. The van der Waals surface area contributed by atoms with Gasteiger partial charge in [0.25, 0.3) is 0 Å². The third-order valence-corrected chi connectivity index (χ3v) is 3.94. The average Bonchev–Trinajstić information content (AvgIpc) is 2.89. The van der Waals surface area contributed by atoms with Crippen molar-refractivity contribution in [3.63, 3.8) is 0 Å². The minimum Gasteiger partial charge on any atom is -0.497 e. The molecule has 0 aliphatic heterocycles. The number of benzene rings is 2. The van der Waals surface area contributed by atoms with E-state index in [0.717, 1.165) is 32.4 Å². The Kier molecular flexibility index (Phi) is 3.62. The van der Waals surface area contributed by atoms with E-state index in [4.69, 9.17) is 10.5 Å². The molecular weight excluding hydrogens is 270 g/mol. The van der Waals surface area contributed by atoms with Crippen LogP contribution < -0.4 is 10.5 Å². The quantitative estimate of drug-likeness (QED) is 0.772. The van der Waals surface area contributed by atoms with E-state index in [1.165, 1.54) is 0 Å². The SMILES string of the molecule is COc1ccc2nc(Sc3ccc(CN)cc3)[nH]c2c1. The second kappa shape index (κ2) is 5.56. The highest BCUT2D eigenvalue weighted by atomic mass is 32.2. The van der Waals surface area contributed by atoms with Gasteiger partial charge in [-0.25, -0.2) is 4.98 Å². The number of hydrogen-bond acceptors (Lipinski definition) is 4. The summed E-state index contributed by atoms with van der Waals surface area (Å²) in [6.45, 7) is 0.565. The summed E-state index contributed by atoms with van der Waals surface area (Å²) in [4.78, 5) is 8.98. The number of nitrogens with one attached hydrogen (secondary N) is 1. The monoisotopic (exact) mass is 285 g/mol. The molecule has 1 aromatic heterocycles. The lowest BCUT2D eigenvalue weighted by molar-refractivity contribution is 0.415. The molecule has 3 aromatic rings. The number of methoxy groups -OCH3 is 1. The molecule has 3 rings (SSSR count). The summed E-state index contributed by atoms with van der Waals surface area (Å²) in [6.07, 6.45) is 0. The van der Waals surface area contributed by atoms with Crippen LogP contribution in [0.2, 0.25) is 0 Å². The van der Waals surface area contributed by atoms with Gasteiger partial charge in [0.05, 0.1) is 18.1 Å². The number of aromatic amines is 1. The maximum absolute atomic E-state index is 5.59. The fraction of sp³-hybridized carbons (Fsp3) is 0.133. The molecule has 0 aliphatic rings. The Morgan fingerprint density at radius 2 is 2.00 bits per heavy atom. The van der Waals surface area contributed by atoms with Gasteiger partial charge in [-0.1, -0.05) is 23.9 Å². The van der Waals surface area contributed by atoms with Gasteiger partial charge in [0.1, 0.15) is 5.75 Å². The lowest BCUT2D eigenvalue weighted by Crippen LogP contribution is -1.94. The third kappa shape index (κ3) is 2.64. The molecule has 0 bridgehead atoms. The van der Waals surface area contributed by atoms with Crippen molar-refractivity contribution >= 4 is 22.8 Å². The Balaban J connectivity index is 1.86. The normalized spacial score (nSPS) is 10.9. The number of hydrogen-bond donors (Lipinski definition) is 2. The summed E-state index contributed by atoms with van der Waals surface area (Å²) in [5, 5.41) is 0.869. The van der Waals surface area contributed by atoms with Gasteiger partial charge in [-0.15, -0.1) is 0 Å². The second-order valence-corrected chi connectivity index (χ2v) is 5.44. The van der Waals surface area contributed by atoms with E-state index in [1.54, 1.807) is 18.9 Å². The van der Waals surface area contributed by atoms with Gasteiger partial charge >= 0.3 is 0 Å².